The quantitative estimate of drug-likeness (QED) is 0.795. The van der Waals surface area contributed by atoms with Crippen molar-refractivity contribution in [2.24, 2.45) is 0 Å². The third kappa shape index (κ3) is 1.65. The first-order valence-corrected chi connectivity index (χ1v) is 5.68. The number of benzene rings is 1. The van der Waals surface area contributed by atoms with Crippen molar-refractivity contribution in [2.75, 3.05) is 12.0 Å². The van der Waals surface area contributed by atoms with Crippen molar-refractivity contribution in [1.82, 2.24) is 10.2 Å². The molecule has 6 heteroatoms. The molecule has 0 amide bonds. The van der Waals surface area contributed by atoms with Gasteiger partial charge in [-0.15, -0.1) is 11.8 Å². The van der Waals surface area contributed by atoms with E-state index in [1.165, 1.54) is 18.3 Å². The first-order valence-electron chi connectivity index (χ1n) is 4.46. The minimum atomic E-state index is -0.611. The van der Waals surface area contributed by atoms with Crippen LogP contribution in [0.2, 0.25) is 0 Å². The standard InChI is InChI=1S/C10H9F2N3S/c1-16-9-7(11)3-2-5(8(9)12)6-4-14-15-10(6)13/h2-4H,1H3,(H3,13,14,15). The van der Waals surface area contributed by atoms with Gasteiger partial charge >= 0.3 is 0 Å². The van der Waals surface area contributed by atoms with Crippen molar-refractivity contribution in [3.8, 4) is 11.1 Å². The zero-order valence-electron chi connectivity index (χ0n) is 8.42. The number of halogens is 2. The lowest BCUT2D eigenvalue weighted by molar-refractivity contribution is 0.543. The number of nitrogens with zero attached hydrogens (tertiary/aromatic N) is 1. The maximum absolute atomic E-state index is 13.9. The van der Waals surface area contributed by atoms with E-state index in [1.54, 1.807) is 6.26 Å². The second kappa shape index (κ2) is 4.13. The summed E-state index contributed by atoms with van der Waals surface area (Å²) in [5, 5.41) is 6.21. The molecule has 0 spiro atoms. The minimum Gasteiger partial charge on any atom is -0.384 e. The number of anilines is 1. The van der Waals surface area contributed by atoms with Crippen LogP contribution < -0.4 is 5.73 Å². The van der Waals surface area contributed by atoms with E-state index < -0.39 is 11.6 Å². The first-order chi connectivity index (χ1) is 7.65. The van der Waals surface area contributed by atoms with Crippen molar-refractivity contribution < 1.29 is 8.78 Å². The van der Waals surface area contributed by atoms with Crippen LogP contribution in [0, 0.1) is 11.6 Å². The van der Waals surface area contributed by atoms with E-state index in [2.05, 4.69) is 10.2 Å². The molecule has 2 rings (SSSR count). The third-order valence-electron chi connectivity index (χ3n) is 2.21. The Bertz CT molecular complexity index is 525. The fourth-order valence-electron chi connectivity index (χ4n) is 1.44. The highest BCUT2D eigenvalue weighted by Gasteiger charge is 2.16. The number of rotatable bonds is 2. The molecular formula is C10H9F2N3S. The normalized spacial score (nSPS) is 10.7. The molecule has 16 heavy (non-hydrogen) atoms. The Morgan fingerprint density at radius 1 is 1.31 bits per heavy atom. The molecule has 0 bridgehead atoms. The Kier molecular flexibility index (Phi) is 2.82. The predicted molar refractivity (Wildman–Crippen MR) is 60.1 cm³/mol. The largest absolute Gasteiger partial charge is 0.384 e. The summed E-state index contributed by atoms with van der Waals surface area (Å²) < 4.78 is 27.2. The van der Waals surface area contributed by atoms with Crippen LogP contribution in [0.15, 0.2) is 23.2 Å². The lowest BCUT2D eigenvalue weighted by Crippen LogP contribution is -1.94. The van der Waals surface area contributed by atoms with Gasteiger partial charge in [0.15, 0.2) is 0 Å². The molecule has 0 aliphatic carbocycles. The number of thioether (sulfide) groups is 1. The minimum absolute atomic E-state index is 0.0156. The monoisotopic (exact) mass is 241 g/mol. The summed E-state index contributed by atoms with van der Waals surface area (Å²) in [6.45, 7) is 0. The molecule has 0 aliphatic heterocycles. The van der Waals surface area contributed by atoms with Crippen molar-refractivity contribution >= 4 is 17.6 Å². The van der Waals surface area contributed by atoms with Gasteiger partial charge in [-0.3, -0.25) is 5.10 Å². The van der Waals surface area contributed by atoms with Gasteiger partial charge < -0.3 is 5.73 Å². The second-order valence-corrected chi connectivity index (χ2v) is 3.96. The zero-order chi connectivity index (χ0) is 11.7. The van der Waals surface area contributed by atoms with E-state index in [9.17, 15) is 8.78 Å². The highest BCUT2D eigenvalue weighted by atomic mass is 32.2. The van der Waals surface area contributed by atoms with Crippen molar-refractivity contribution in [3.05, 3.63) is 30.0 Å². The van der Waals surface area contributed by atoms with Crippen LogP contribution in [-0.4, -0.2) is 16.5 Å². The molecule has 1 aromatic heterocycles. The van der Waals surface area contributed by atoms with Crippen LogP contribution in [-0.2, 0) is 0 Å². The highest BCUT2D eigenvalue weighted by Crippen LogP contribution is 2.33. The number of aromatic amines is 1. The lowest BCUT2D eigenvalue weighted by Gasteiger charge is -2.06. The Hall–Kier alpha value is -1.56. The number of nitrogen functional groups attached to an aromatic ring is 1. The number of nitrogens with one attached hydrogen (secondary N) is 1. The van der Waals surface area contributed by atoms with E-state index in [-0.39, 0.29) is 16.3 Å². The van der Waals surface area contributed by atoms with E-state index in [0.717, 1.165) is 11.8 Å². The van der Waals surface area contributed by atoms with Gasteiger partial charge in [-0.25, -0.2) is 8.78 Å². The van der Waals surface area contributed by atoms with Crippen LogP contribution in [0.3, 0.4) is 0 Å². The van der Waals surface area contributed by atoms with Gasteiger partial charge in [-0.05, 0) is 18.4 Å². The fourth-order valence-corrected chi connectivity index (χ4v) is 1.99. The SMILES string of the molecule is CSc1c(F)ccc(-c2cn[nH]c2N)c1F. The summed E-state index contributed by atoms with van der Waals surface area (Å²) in [6.07, 6.45) is 3.03. The summed E-state index contributed by atoms with van der Waals surface area (Å²) in [7, 11) is 0. The maximum Gasteiger partial charge on any atom is 0.147 e. The van der Waals surface area contributed by atoms with Crippen LogP contribution in [0.25, 0.3) is 11.1 Å². The summed E-state index contributed by atoms with van der Waals surface area (Å²) in [4.78, 5) is -0.0156. The molecule has 84 valence electrons. The van der Waals surface area contributed by atoms with E-state index in [4.69, 9.17) is 5.73 Å². The summed E-state index contributed by atoms with van der Waals surface area (Å²) in [6, 6.07) is 2.57. The van der Waals surface area contributed by atoms with Gasteiger partial charge in [-0.1, -0.05) is 0 Å². The predicted octanol–water partition coefficient (Wildman–Crippen LogP) is 2.66. The molecule has 2 aromatic rings. The zero-order valence-corrected chi connectivity index (χ0v) is 9.24. The molecule has 3 N–H and O–H groups in total. The Morgan fingerprint density at radius 2 is 2.06 bits per heavy atom. The number of H-pyrrole nitrogens is 1. The molecule has 0 saturated heterocycles. The molecule has 3 nitrogen and oxygen atoms in total. The molecule has 0 saturated carbocycles. The van der Waals surface area contributed by atoms with Crippen LogP contribution >= 0.6 is 11.8 Å². The van der Waals surface area contributed by atoms with Gasteiger partial charge in [-0.2, -0.15) is 5.10 Å². The maximum atomic E-state index is 13.9. The number of nitrogens with two attached hydrogens (primary N) is 1. The lowest BCUT2D eigenvalue weighted by atomic mass is 10.1. The number of aromatic nitrogens is 2. The van der Waals surface area contributed by atoms with Crippen LogP contribution in [0.4, 0.5) is 14.6 Å². The van der Waals surface area contributed by atoms with Gasteiger partial charge in [0.2, 0.25) is 0 Å². The average molecular weight is 241 g/mol. The molecular weight excluding hydrogens is 232 g/mol. The van der Waals surface area contributed by atoms with Gasteiger partial charge in [0.1, 0.15) is 17.5 Å². The fraction of sp³-hybridized carbons (Fsp3) is 0.100. The smallest absolute Gasteiger partial charge is 0.147 e. The summed E-state index contributed by atoms with van der Waals surface area (Å²) in [5.41, 5.74) is 6.27. The molecule has 1 aromatic carbocycles. The highest BCUT2D eigenvalue weighted by molar-refractivity contribution is 7.98. The molecule has 0 unspecified atom stereocenters. The van der Waals surface area contributed by atoms with Crippen molar-refractivity contribution in [2.45, 2.75) is 4.90 Å². The molecule has 0 aliphatic rings. The van der Waals surface area contributed by atoms with E-state index in [1.807, 2.05) is 0 Å². The number of hydrogen-bond acceptors (Lipinski definition) is 3. The van der Waals surface area contributed by atoms with Crippen molar-refractivity contribution in [1.29, 1.82) is 0 Å². The molecule has 0 fully saturated rings. The van der Waals surface area contributed by atoms with Crippen LogP contribution in [0.5, 0.6) is 0 Å². The second-order valence-electron chi connectivity index (χ2n) is 3.14. The third-order valence-corrected chi connectivity index (χ3v) is 2.99. The Morgan fingerprint density at radius 3 is 2.62 bits per heavy atom. The van der Waals surface area contributed by atoms with E-state index in [0.29, 0.717) is 5.56 Å². The van der Waals surface area contributed by atoms with E-state index >= 15 is 0 Å². The topological polar surface area (TPSA) is 54.7 Å². The van der Waals surface area contributed by atoms with Crippen molar-refractivity contribution in [3.63, 3.8) is 0 Å². The van der Waals surface area contributed by atoms with Gasteiger partial charge in [0.25, 0.3) is 0 Å². The molecule has 1 heterocycles. The van der Waals surface area contributed by atoms with Gasteiger partial charge in [0.05, 0.1) is 11.1 Å². The Balaban J connectivity index is 2.63. The molecule has 0 radical (unpaired) electrons. The molecule has 0 atom stereocenters. The van der Waals surface area contributed by atoms with Crippen LogP contribution in [0.1, 0.15) is 0 Å². The summed E-state index contributed by atoms with van der Waals surface area (Å²) >= 11 is 1.02. The summed E-state index contributed by atoms with van der Waals surface area (Å²) in [5.74, 6) is -0.922. The average Bonchev–Trinajstić information content (AvgIpc) is 2.66. The van der Waals surface area contributed by atoms with Gasteiger partial charge in [0, 0.05) is 11.1 Å². The number of hydrogen-bond donors (Lipinski definition) is 2. The first kappa shape index (κ1) is 10.9. The Labute approximate surface area is 95.0 Å².